The van der Waals surface area contributed by atoms with Crippen molar-refractivity contribution < 1.29 is 14.3 Å². The van der Waals surface area contributed by atoms with Crippen LogP contribution in [0.1, 0.15) is 20.8 Å². The van der Waals surface area contributed by atoms with Crippen LogP contribution < -0.4 is 5.32 Å². The fourth-order valence-electron chi connectivity index (χ4n) is 2.42. The molecular formula is C12H22N2O3. The van der Waals surface area contributed by atoms with Gasteiger partial charge in [0.15, 0.2) is 0 Å². The molecule has 2 rings (SSSR count). The van der Waals surface area contributed by atoms with Gasteiger partial charge in [0, 0.05) is 0 Å². The van der Waals surface area contributed by atoms with Crippen LogP contribution >= 0.6 is 0 Å². The van der Waals surface area contributed by atoms with Gasteiger partial charge in [0.25, 0.3) is 0 Å². The van der Waals surface area contributed by atoms with Crippen molar-refractivity contribution in [2.24, 2.45) is 5.92 Å². The lowest BCUT2D eigenvalue weighted by Crippen LogP contribution is -2.47. The quantitative estimate of drug-likeness (QED) is 0.768. The summed E-state index contributed by atoms with van der Waals surface area (Å²) in [6.07, 6.45) is 0.129. The molecule has 2 fully saturated rings. The van der Waals surface area contributed by atoms with E-state index in [1.807, 2.05) is 11.8 Å². The van der Waals surface area contributed by atoms with Gasteiger partial charge in [-0.1, -0.05) is 13.8 Å². The number of rotatable bonds is 3. The van der Waals surface area contributed by atoms with E-state index in [4.69, 9.17) is 9.47 Å². The van der Waals surface area contributed by atoms with E-state index >= 15 is 0 Å². The number of nitrogens with zero attached hydrogens (tertiary/aromatic N) is 1. The number of amides is 1. The lowest BCUT2D eigenvalue weighted by Gasteiger charge is -2.32. The number of hydrogen-bond donors (Lipinski definition) is 1. The van der Waals surface area contributed by atoms with Crippen molar-refractivity contribution in [2.45, 2.75) is 39.1 Å². The molecule has 2 aliphatic heterocycles. The van der Waals surface area contributed by atoms with E-state index in [0.29, 0.717) is 32.3 Å². The summed E-state index contributed by atoms with van der Waals surface area (Å²) in [6.45, 7) is 8.65. The van der Waals surface area contributed by atoms with Gasteiger partial charge in [-0.25, -0.2) is 0 Å². The Balaban J connectivity index is 1.98. The molecular weight excluding hydrogens is 220 g/mol. The maximum atomic E-state index is 12.1. The highest BCUT2D eigenvalue weighted by Gasteiger charge is 2.39. The third-order valence-corrected chi connectivity index (χ3v) is 3.33. The first-order chi connectivity index (χ1) is 8.09. The molecule has 0 spiro atoms. The zero-order chi connectivity index (χ0) is 12.4. The Bertz CT molecular complexity index is 277. The Morgan fingerprint density at radius 3 is 2.82 bits per heavy atom. The van der Waals surface area contributed by atoms with Crippen LogP contribution in [-0.4, -0.2) is 55.5 Å². The number of hydrogen-bond acceptors (Lipinski definition) is 4. The molecule has 3 atom stereocenters. The fraction of sp³-hybridized carbons (Fsp3) is 0.917. The second-order valence-electron chi connectivity index (χ2n) is 5.14. The molecule has 3 unspecified atom stereocenters. The summed E-state index contributed by atoms with van der Waals surface area (Å²) in [7, 11) is 0. The first-order valence-corrected chi connectivity index (χ1v) is 6.35. The Hall–Kier alpha value is -0.650. The molecule has 0 saturated carbocycles. The lowest BCUT2D eigenvalue weighted by atomic mass is 10.1. The van der Waals surface area contributed by atoms with Crippen LogP contribution in [0.4, 0.5) is 0 Å². The minimum absolute atomic E-state index is 0.0149. The highest BCUT2D eigenvalue weighted by atomic mass is 16.6. The number of ether oxygens (including phenoxy) is 2. The largest absolute Gasteiger partial charge is 0.376 e. The zero-order valence-electron chi connectivity index (χ0n) is 10.8. The molecule has 0 radical (unpaired) electrons. The molecule has 0 aliphatic carbocycles. The highest BCUT2D eigenvalue weighted by Crippen LogP contribution is 2.19. The maximum absolute atomic E-state index is 12.1. The molecule has 0 aromatic rings. The van der Waals surface area contributed by atoms with Gasteiger partial charge in [0.1, 0.15) is 0 Å². The summed E-state index contributed by atoms with van der Waals surface area (Å²) >= 11 is 0. The summed E-state index contributed by atoms with van der Waals surface area (Å²) in [5.41, 5.74) is 0. The van der Waals surface area contributed by atoms with Crippen LogP contribution in [-0.2, 0) is 14.3 Å². The molecule has 5 nitrogen and oxygen atoms in total. The summed E-state index contributed by atoms with van der Waals surface area (Å²) < 4.78 is 11.0. The number of carbonyl (C=O) groups is 1. The van der Waals surface area contributed by atoms with Gasteiger partial charge in [0.05, 0.1) is 44.7 Å². The van der Waals surface area contributed by atoms with Gasteiger partial charge < -0.3 is 14.4 Å². The third-order valence-electron chi connectivity index (χ3n) is 3.33. The normalized spacial score (nSPS) is 34.7. The molecule has 98 valence electrons. The van der Waals surface area contributed by atoms with E-state index in [0.717, 1.165) is 0 Å². The minimum atomic E-state index is -0.0908. The molecule has 0 aromatic heterocycles. The molecule has 2 aliphatic rings. The zero-order valence-corrected chi connectivity index (χ0v) is 10.8. The topological polar surface area (TPSA) is 50.8 Å². The van der Waals surface area contributed by atoms with Crippen molar-refractivity contribution in [3.8, 4) is 0 Å². The Morgan fingerprint density at radius 2 is 2.24 bits per heavy atom. The van der Waals surface area contributed by atoms with Crippen molar-refractivity contribution in [1.82, 2.24) is 10.2 Å². The first-order valence-electron chi connectivity index (χ1n) is 6.35. The van der Waals surface area contributed by atoms with E-state index in [1.165, 1.54) is 0 Å². The first kappa shape index (κ1) is 12.8. The van der Waals surface area contributed by atoms with E-state index in [2.05, 4.69) is 19.2 Å². The monoisotopic (exact) mass is 242 g/mol. The summed E-state index contributed by atoms with van der Waals surface area (Å²) in [6, 6.07) is -0.0908. The van der Waals surface area contributed by atoms with Gasteiger partial charge in [0.2, 0.25) is 5.91 Å². The second kappa shape index (κ2) is 5.33. The van der Waals surface area contributed by atoms with Crippen molar-refractivity contribution in [3.05, 3.63) is 0 Å². The smallest absolute Gasteiger partial charge is 0.240 e. The molecule has 17 heavy (non-hydrogen) atoms. The minimum Gasteiger partial charge on any atom is -0.376 e. The van der Waals surface area contributed by atoms with Gasteiger partial charge in [-0.3, -0.25) is 10.1 Å². The van der Waals surface area contributed by atoms with Crippen LogP contribution in [0.15, 0.2) is 0 Å². The average molecular weight is 242 g/mol. The second-order valence-corrected chi connectivity index (χ2v) is 5.14. The molecule has 5 heteroatoms. The van der Waals surface area contributed by atoms with Crippen LogP contribution in [0.2, 0.25) is 0 Å². The Kier molecular flexibility index (Phi) is 4.01. The summed E-state index contributed by atoms with van der Waals surface area (Å²) in [5.74, 6) is 0.561. The van der Waals surface area contributed by atoms with Crippen LogP contribution in [0.5, 0.6) is 0 Å². The van der Waals surface area contributed by atoms with Gasteiger partial charge >= 0.3 is 0 Å². The highest BCUT2D eigenvalue weighted by molar-refractivity contribution is 5.84. The number of carbonyl (C=O) groups excluding carboxylic acids is 1. The third kappa shape index (κ3) is 2.78. The molecule has 1 N–H and O–H groups in total. The molecule has 1 amide bonds. The van der Waals surface area contributed by atoms with Crippen molar-refractivity contribution in [2.75, 3.05) is 26.4 Å². The van der Waals surface area contributed by atoms with E-state index in [1.54, 1.807) is 0 Å². The predicted molar refractivity (Wildman–Crippen MR) is 63.5 cm³/mol. The molecule has 0 bridgehead atoms. The van der Waals surface area contributed by atoms with Crippen LogP contribution in [0.3, 0.4) is 0 Å². The van der Waals surface area contributed by atoms with Crippen LogP contribution in [0.25, 0.3) is 0 Å². The molecule has 2 saturated heterocycles. The van der Waals surface area contributed by atoms with Crippen molar-refractivity contribution in [3.63, 3.8) is 0 Å². The Morgan fingerprint density at radius 1 is 1.47 bits per heavy atom. The molecule has 0 aromatic carbocycles. The van der Waals surface area contributed by atoms with Gasteiger partial charge in [-0.2, -0.15) is 0 Å². The van der Waals surface area contributed by atoms with Gasteiger partial charge in [-0.05, 0) is 12.8 Å². The summed E-state index contributed by atoms with van der Waals surface area (Å²) in [4.78, 5) is 14.0. The van der Waals surface area contributed by atoms with E-state index in [9.17, 15) is 4.79 Å². The SMILES string of the molecule is CC1NC(C(C)C)N(CC2COCCO2)C1=O. The summed E-state index contributed by atoms with van der Waals surface area (Å²) in [5, 5.41) is 3.32. The van der Waals surface area contributed by atoms with Gasteiger partial charge in [-0.15, -0.1) is 0 Å². The Labute approximate surface area is 102 Å². The van der Waals surface area contributed by atoms with E-state index in [-0.39, 0.29) is 24.2 Å². The van der Waals surface area contributed by atoms with Crippen molar-refractivity contribution >= 4 is 5.91 Å². The van der Waals surface area contributed by atoms with E-state index < -0.39 is 0 Å². The molecule has 2 heterocycles. The van der Waals surface area contributed by atoms with Crippen LogP contribution in [0, 0.1) is 5.92 Å². The average Bonchev–Trinajstić information content (AvgIpc) is 2.59. The van der Waals surface area contributed by atoms with Crippen molar-refractivity contribution in [1.29, 1.82) is 0 Å². The lowest BCUT2D eigenvalue weighted by molar-refractivity contribution is -0.137. The standard InChI is InChI=1S/C12H22N2O3/c1-8(2)11-13-9(3)12(15)14(11)6-10-7-16-4-5-17-10/h8-11,13H,4-7H2,1-3H3. The fourth-order valence-corrected chi connectivity index (χ4v) is 2.42. The predicted octanol–water partition coefficient (Wildman–Crippen LogP) is 0.204. The maximum Gasteiger partial charge on any atom is 0.240 e. The number of nitrogens with one attached hydrogen (secondary N) is 1.